The van der Waals surface area contributed by atoms with Gasteiger partial charge in [0.05, 0.1) is 17.4 Å². The van der Waals surface area contributed by atoms with Crippen molar-refractivity contribution in [3.05, 3.63) is 70.5 Å². The van der Waals surface area contributed by atoms with Gasteiger partial charge in [-0.2, -0.15) is 8.78 Å². The first-order valence-electron chi connectivity index (χ1n) is 11.5. The van der Waals surface area contributed by atoms with Gasteiger partial charge in [-0.15, -0.1) is 0 Å². The van der Waals surface area contributed by atoms with Crippen molar-refractivity contribution in [1.82, 2.24) is 24.6 Å². The molecular weight excluding hydrogens is 473 g/mol. The molecule has 0 radical (unpaired) electrons. The monoisotopic (exact) mass is 498 g/mol. The number of ether oxygens (including phenoxy) is 1. The molecule has 0 aliphatic carbocycles. The maximum absolute atomic E-state index is 15.1. The Morgan fingerprint density at radius 2 is 1.94 bits per heavy atom. The first-order valence-corrected chi connectivity index (χ1v) is 11.5. The molecule has 1 aliphatic heterocycles. The summed E-state index contributed by atoms with van der Waals surface area (Å²) in [5, 5.41) is 3.54. The van der Waals surface area contributed by atoms with Gasteiger partial charge in [0, 0.05) is 61.8 Å². The van der Waals surface area contributed by atoms with Gasteiger partial charge in [0.25, 0.3) is 5.56 Å². The molecular formula is C25H25F3N6O2. The van der Waals surface area contributed by atoms with Crippen molar-refractivity contribution in [3.8, 4) is 16.9 Å². The topological polar surface area (TPSA) is 77.2 Å². The molecule has 1 saturated heterocycles. The molecule has 0 saturated carbocycles. The Labute approximate surface area is 204 Å². The number of aromatic nitrogens is 4. The number of benzene rings is 2. The Hall–Kier alpha value is -3.86. The summed E-state index contributed by atoms with van der Waals surface area (Å²) in [5.74, 6) is 0.00197. The minimum atomic E-state index is -2.98. The second-order valence-corrected chi connectivity index (χ2v) is 8.79. The SMILES string of the molecule is CC1CN(c2ncc(-c3cc4c(cc3F)c(=O)n(C)n4Cc3ccccc3OC(F)F)cn2)CCN1. The fraction of sp³-hybridized carbons (Fsp3) is 0.320. The summed E-state index contributed by atoms with van der Waals surface area (Å²) in [7, 11) is 1.54. The fourth-order valence-corrected chi connectivity index (χ4v) is 4.55. The molecule has 4 aromatic rings. The van der Waals surface area contributed by atoms with E-state index < -0.39 is 18.0 Å². The van der Waals surface area contributed by atoms with Crippen molar-refractivity contribution in [2.45, 2.75) is 26.1 Å². The summed E-state index contributed by atoms with van der Waals surface area (Å²) in [4.78, 5) is 23.8. The molecule has 3 heterocycles. The molecule has 1 fully saturated rings. The first kappa shape index (κ1) is 23.9. The van der Waals surface area contributed by atoms with Gasteiger partial charge in [0.15, 0.2) is 0 Å². The number of nitrogens with one attached hydrogen (secondary N) is 1. The molecule has 0 bridgehead atoms. The fourth-order valence-electron chi connectivity index (χ4n) is 4.55. The van der Waals surface area contributed by atoms with E-state index in [1.54, 1.807) is 48.4 Å². The number of anilines is 1. The molecule has 1 N–H and O–H groups in total. The van der Waals surface area contributed by atoms with Gasteiger partial charge in [-0.05, 0) is 25.1 Å². The third-order valence-electron chi connectivity index (χ3n) is 6.36. The smallest absolute Gasteiger partial charge is 0.387 e. The van der Waals surface area contributed by atoms with Gasteiger partial charge in [-0.1, -0.05) is 18.2 Å². The van der Waals surface area contributed by atoms with Gasteiger partial charge in [-0.25, -0.2) is 14.4 Å². The second-order valence-electron chi connectivity index (χ2n) is 8.79. The van der Waals surface area contributed by atoms with Gasteiger partial charge in [0.1, 0.15) is 11.6 Å². The summed E-state index contributed by atoms with van der Waals surface area (Å²) >= 11 is 0. The second kappa shape index (κ2) is 9.65. The van der Waals surface area contributed by atoms with E-state index in [0.29, 0.717) is 28.6 Å². The number of hydrogen-bond acceptors (Lipinski definition) is 6. The minimum Gasteiger partial charge on any atom is -0.434 e. The van der Waals surface area contributed by atoms with Crippen LogP contribution in [0.1, 0.15) is 12.5 Å². The predicted octanol–water partition coefficient (Wildman–Crippen LogP) is 3.38. The van der Waals surface area contributed by atoms with Crippen LogP contribution in [0.25, 0.3) is 22.0 Å². The number of rotatable bonds is 6. The van der Waals surface area contributed by atoms with E-state index in [9.17, 15) is 13.6 Å². The molecule has 1 aliphatic rings. The molecule has 5 rings (SSSR count). The number of halogens is 3. The summed E-state index contributed by atoms with van der Waals surface area (Å²) in [6, 6.07) is 9.43. The van der Waals surface area contributed by atoms with Crippen LogP contribution in [0, 0.1) is 5.82 Å². The quantitative estimate of drug-likeness (QED) is 0.439. The number of hydrogen-bond donors (Lipinski definition) is 1. The first-order chi connectivity index (χ1) is 17.3. The molecule has 188 valence electrons. The number of fused-ring (bicyclic) bond motifs is 1. The van der Waals surface area contributed by atoms with Crippen LogP contribution in [0.3, 0.4) is 0 Å². The standard InChI is InChI=1S/C25H25F3N6O2/c1-15-13-33(8-7-29-15)25-30-11-17(12-31-25)18-10-21-19(9-20(18)26)23(35)32(2)34(21)14-16-5-3-4-6-22(16)36-24(27)28/h3-6,9-12,15,24,29H,7-8,13-14H2,1-2H3. The Kier molecular flexibility index (Phi) is 6.40. The molecule has 2 aromatic carbocycles. The Bertz CT molecular complexity index is 1450. The molecule has 8 nitrogen and oxygen atoms in total. The number of alkyl halides is 2. The van der Waals surface area contributed by atoms with Crippen molar-refractivity contribution in [2.24, 2.45) is 7.05 Å². The highest BCUT2D eigenvalue weighted by Gasteiger charge is 2.20. The lowest BCUT2D eigenvalue weighted by Crippen LogP contribution is -2.49. The van der Waals surface area contributed by atoms with Crippen LogP contribution in [0.15, 0.2) is 53.6 Å². The van der Waals surface area contributed by atoms with Crippen molar-refractivity contribution < 1.29 is 17.9 Å². The average Bonchev–Trinajstić information content (AvgIpc) is 3.08. The third-order valence-corrected chi connectivity index (χ3v) is 6.36. The van der Waals surface area contributed by atoms with E-state index in [4.69, 9.17) is 0 Å². The molecule has 2 aromatic heterocycles. The highest BCUT2D eigenvalue weighted by molar-refractivity contribution is 5.84. The molecule has 0 amide bonds. The van der Waals surface area contributed by atoms with E-state index in [1.165, 1.54) is 16.8 Å². The van der Waals surface area contributed by atoms with E-state index in [0.717, 1.165) is 19.6 Å². The maximum atomic E-state index is 15.1. The van der Waals surface area contributed by atoms with Crippen LogP contribution >= 0.6 is 0 Å². The van der Waals surface area contributed by atoms with Crippen molar-refractivity contribution >= 4 is 16.9 Å². The number of piperazine rings is 1. The van der Waals surface area contributed by atoms with E-state index in [1.807, 2.05) is 0 Å². The highest BCUT2D eigenvalue weighted by Crippen LogP contribution is 2.28. The van der Waals surface area contributed by atoms with E-state index in [2.05, 4.69) is 31.8 Å². The lowest BCUT2D eigenvalue weighted by Gasteiger charge is -2.31. The van der Waals surface area contributed by atoms with E-state index in [-0.39, 0.29) is 23.2 Å². The number of para-hydroxylation sites is 1. The Balaban J connectivity index is 1.53. The van der Waals surface area contributed by atoms with E-state index >= 15 is 4.39 Å². The van der Waals surface area contributed by atoms with Crippen LogP contribution in [-0.2, 0) is 13.6 Å². The summed E-state index contributed by atoms with van der Waals surface area (Å²) in [6.45, 7) is 1.55. The molecule has 1 atom stereocenters. The molecule has 0 spiro atoms. The largest absolute Gasteiger partial charge is 0.434 e. The highest BCUT2D eigenvalue weighted by atomic mass is 19.3. The maximum Gasteiger partial charge on any atom is 0.387 e. The van der Waals surface area contributed by atoms with Crippen molar-refractivity contribution in [1.29, 1.82) is 0 Å². The number of nitrogens with zero attached hydrogens (tertiary/aromatic N) is 5. The third kappa shape index (κ3) is 4.53. The Morgan fingerprint density at radius 3 is 2.67 bits per heavy atom. The molecule has 1 unspecified atom stereocenters. The zero-order valence-corrected chi connectivity index (χ0v) is 19.8. The molecule has 36 heavy (non-hydrogen) atoms. The van der Waals surface area contributed by atoms with Gasteiger partial charge in [-0.3, -0.25) is 14.2 Å². The van der Waals surface area contributed by atoms with Crippen molar-refractivity contribution in [2.75, 3.05) is 24.5 Å². The summed E-state index contributed by atoms with van der Waals surface area (Å²) < 4.78 is 48.5. The lowest BCUT2D eigenvalue weighted by atomic mass is 10.1. The molecule has 11 heteroatoms. The predicted molar refractivity (Wildman–Crippen MR) is 130 cm³/mol. The van der Waals surface area contributed by atoms with Crippen LogP contribution < -0.4 is 20.5 Å². The summed E-state index contributed by atoms with van der Waals surface area (Å²) in [5.41, 5.74) is 1.20. The minimum absolute atomic E-state index is 0.00959. The van der Waals surface area contributed by atoms with Crippen LogP contribution in [0.2, 0.25) is 0 Å². The lowest BCUT2D eigenvalue weighted by molar-refractivity contribution is -0.0505. The van der Waals surface area contributed by atoms with Gasteiger partial charge >= 0.3 is 6.61 Å². The Morgan fingerprint density at radius 1 is 1.19 bits per heavy atom. The van der Waals surface area contributed by atoms with Crippen LogP contribution in [-0.4, -0.2) is 51.6 Å². The van der Waals surface area contributed by atoms with Crippen LogP contribution in [0.4, 0.5) is 19.1 Å². The van der Waals surface area contributed by atoms with Gasteiger partial charge < -0.3 is 15.0 Å². The normalized spacial score (nSPS) is 16.2. The summed E-state index contributed by atoms with van der Waals surface area (Å²) in [6.07, 6.45) is 3.13. The average molecular weight is 499 g/mol. The van der Waals surface area contributed by atoms with Crippen LogP contribution in [0.5, 0.6) is 5.75 Å². The zero-order valence-electron chi connectivity index (χ0n) is 19.8. The zero-order chi connectivity index (χ0) is 25.4. The van der Waals surface area contributed by atoms with Gasteiger partial charge in [0.2, 0.25) is 5.95 Å². The van der Waals surface area contributed by atoms with Crippen molar-refractivity contribution in [3.63, 3.8) is 0 Å².